The van der Waals surface area contributed by atoms with Crippen molar-refractivity contribution in [3.8, 4) is 34.5 Å². The lowest BCUT2D eigenvalue weighted by molar-refractivity contribution is -0.141. The molecular weight excluding hydrogens is 1050 g/mol. The molecule has 0 spiro atoms. The van der Waals surface area contributed by atoms with Gasteiger partial charge >= 0.3 is 23.9 Å². The van der Waals surface area contributed by atoms with Gasteiger partial charge < -0.3 is 56.8 Å². The molecule has 0 radical (unpaired) electrons. The van der Waals surface area contributed by atoms with Crippen molar-refractivity contribution in [1.29, 1.82) is 0 Å². The van der Waals surface area contributed by atoms with Crippen LogP contribution in [0.1, 0.15) is 56.9 Å². The largest absolute Gasteiger partial charge is 0.493 e. The van der Waals surface area contributed by atoms with Crippen molar-refractivity contribution in [3.05, 3.63) is 122 Å². The fourth-order valence-corrected chi connectivity index (χ4v) is 9.50. The predicted molar refractivity (Wildman–Crippen MR) is 300 cm³/mol. The number of nitrogens with zero attached hydrogens (tertiary/aromatic N) is 2. The number of ether oxygens (including phenoxy) is 12. The van der Waals surface area contributed by atoms with Gasteiger partial charge in [-0.25, -0.2) is 14.6 Å². The van der Waals surface area contributed by atoms with Crippen molar-refractivity contribution in [3.63, 3.8) is 0 Å². The van der Waals surface area contributed by atoms with Gasteiger partial charge in [-0.3, -0.25) is 15.0 Å². The Balaban J connectivity index is 0.799. The predicted octanol–water partition coefficient (Wildman–Crippen LogP) is 9.61. The minimum Gasteiger partial charge on any atom is -0.493 e. The van der Waals surface area contributed by atoms with E-state index < -0.39 is 11.9 Å². The highest BCUT2D eigenvalue weighted by Gasteiger charge is 2.30. The van der Waals surface area contributed by atoms with Gasteiger partial charge in [-0.1, -0.05) is 36.6 Å². The van der Waals surface area contributed by atoms with E-state index in [9.17, 15) is 19.2 Å². The van der Waals surface area contributed by atoms with Crippen molar-refractivity contribution in [2.24, 2.45) is 28.8 Å². The standard InChI is InChI=1S/C60H71N3O16S/c1-3-56(64)74-37-33-70-29-27-68-31-35-72-48-17-21-50(22-18-48)78-58(66)45-13-9-43(10-14-45)41-76-52-25-26-54(47(39-52)40-61-63-60-62-53-7-5-6-8-55(53)80-60)77-42-44-11-15-46(16-12-44)59(67)79-51-23-19-49(20-24-51)73-36-32-69-28-30-71-34-38-75-57(65)4-2/h3-8,17-26,39-40,43-46H,1-2,9-16,27-38,41-42H2,(H,62,63)/b61-40+. The van der Waals surface area contributed by atoms with Crippen molar-refractivity contribution >= 4 is 56.8 Å². The maximum absolute atomic E-state index is 13.2. The highest BCUT2D eigenvalue weighted by Crippen LogP contribution is 2.34. The summed E-state index contributed by atoms with van der Waals surface area (Å²) in [5.74, 6) is 2.18. The second-order valence-corrected chi connectivity index (χ2v) is 19.8. The smallest absolute Gasteiger partial charge is 0.330 e. The number of hydrazone groups is 1. The number of thiazole rings is 1. The molecule has 0 bridgehead atoms. The number of nitrogens with one attached hydrogen (secondary N) is 1. The molecule has 7 rings (SSSR count). The molecule has 5 aromatic rings. The number of para-hydroxylation sites is 1. The molecule has 1 aromatic heterocycles. The van der Waals surface area contributed by atoms with Gasteiger partial charge in [-0.15, -0.1) is 0 Å². The highest BCUT2D eigenvalue weighted by molar-refractivity contribution is 7.22. The van der Waals surface area contributed by atoms with E-state index in [-0.39, 0.29) is 62.0 Å². The second kappa shape index (κ2) is 33.9. The first-order chi connectivity index (χ1) is 39.2. The number of aromatic nitrogens is 1. The van der Waals surface area contributed by atoms with E-state index in [1.165, 1.54) is 11.3 Å². The summed E-state index contributed by atoms with van der Waals surface area (Å²) >= 11 is 1.52. The van der Waals surface area contributed by atoms with Crippen LogP contribution >= 0.6 is 11.3 Å². The summed E-state index contributed by atoms with van der Waals surface area (Å²) in [6.07, 6.45) is 10.0. The van der Waals surface area contributed by atoms with E-state index in [0.29, 0.717) is 131 Å². The number of carbonyl (C=O) groups excluding carboxylic acids is 4. The molecule has 19 nitrogen and oxygen atoms in total. The van der Waals surface area contributed by atoms with Gasteiger partial charge in [-0.05, 0) is 142 Å². The second-order valence-electron chi connectivity index (χ2n) is 18.8. The molecule has 0 atom stereocenters. The number of rotatable bonds is 35. The Hall–Kier alpha value is -7.36. The molecule has 20 heteroatoms. The van der Waals surface area contributed by atoms with Crippen LogP contribution < -0.4 is 33.8 Å². The Morgan fingerprint density at radius 3 is 1.48 bits per heavy atom. The van der Waals surface area contributed by atoms with Crippen molar-refractivity contribution in [2.45, 2.75) is 51.4 Å². The number of fused-ring (bicyclic) bond motifs is 1. The molecule has 0 aliphatic heterocycles. The first-order valence-corrected chi connectivity index (χ1v) is 27.9. The van der Waals surface area contributed by atoms with Crippen LogP contribution in [0.5, 0.6) is 34.5 Å². The monoisotopic (exact) mass is 1120 g/mol. The molecule has 0 unspecified atom stereocenters. The van der Waals surface area contributed by atoms with Gasteiger partial charge in [0, 0.05) is 17.7 Å². The maximum Gasteiger partial charge on any atom is 0.330 e. The summed E-state index contributed by atoms with van der Waals surface area (Å²) in [5.41, 5.74) is 4.71. The number of hydrogen-bond donors (Lipinski definition) is 1. The van der Waals surface area contributed by atoms with Crippen LogP contribution in [0, 0.1) is 23.7 Å². The molecule has 2 aliphatic carbocycles. The van der Waals surface area contributed by atoms with Crippen LogP contribution in [0.15, 0.2) is 121 Å². The van der Waals surface area contributed by atoms with E-state index in [2.05, 4.69) is 28.7 Å². The van der Waals surface area contributed by atoms with E-state index in [4.69, 9.17) is 56.8 Å². The Morgan fingerprint density at radius 1 is 0.525 bits per heavy atom. The summed E-state index contributed by atoms with van der Waals surface area (Å²) in [5, 5.41) is 5.21. The molecule has 428 valence electrons. The SMILES string of the molecule is C=CC(=O)OCCOCCOCCOc1ccc(OC(=O)C2CCC(COc3ccc(OCC4CCC(C(=O)Oc5ccc(OCCOCCOCCOC(=O)C=C)cc5)CC4)c(/C=N/Nc4nc5ccccc5s4)c3)CC2)cc1. The van der Waals surface area contributed by atoms with E-state index in [1.54, 1.807) is 54.7 Å². The highest BCUT2D eigenvalue weighted by atomic mass is 32.1. The normalized spacial score (nSPS) is 17.0. The van der Waals surface area contributed by atoms with Gasteiger partial charge in [0.05, 0.1) is 94.3 Å². The van der Waals surface area contributed by atoms with Crippen molar-refractivity contribution in [2.75, 3.05) is 97.9 Å². The molecule has 2 aliphatic rings. The number of carbonyl (C=O) groups is 4. The molecule has 80 heavy (non-hydrogen) atoms. The first-order valence-electron chi connectivity index (χ1n) is 27.0. The molecule has 2 saturated carbocycles. The van der Waals surface area contributed by atoms with Crippen LogP contribution in [-0.4, -0.2) is 128 Å². The fraction of sp³-hybridized carbons (Fsp3) is 0.433. The average Bonchev–Trinajstić information content (AvgIpc) is 3.91. The molecular formula is C60H71N3O16S. The summed E-state index contributed by atoms with van der Waals surface area (Å²) in [7, 11) is 0. The third-order valence-electron chi connectivity index (χ3n) is 13.1. The van der Waals surface area contributed by atoms with Gasteiger partial charge in [0.2, 0.25) is 5.13 Å². The lowest BCUT2D eigenvalue weighted by Crippen LogP contribution is -2.28. The number of hydrogen-bond acceptors (Lipinski definition) is 20. The van der Waals surface area contributed by atoms with Crippen LogP contribution in [-0.2, 0) is 47.6 Å². The third-order valence-corrected chi connectivity index (χ3v) is 14.0. The quantitative estimate of drug-likeness (QED) is 0.00997. The number of esters is 4. The zero-order valence-electron chi connectivity index (χ0n) is 45.0. The van der Waals surface area contributed by atoms with Crippen molar-refractivity contribution < 1.29 is 76.0 Å². The Bertz CT molecular complexity index is 2700. The molecule has 2 fully saturated rings. The van der Waals surface area contributed by atoms with E-state index in [1.807, 2.05) is 42.5 Å². The van der Waals surface area contributed by atoms with Gasteiger partial charge in [0.25, 0.3) is 0 Å². The van der Waals surface area contributed by atoms with Crippen LogP contribution in [0.3, 0.4) is 0 Å². The average molecular weight is 1120 g/mol. The number of benzene rings is 4. The van der Waals surface area contributed by atoms with Gasteiger partial charge in [0.15, 0.2) is 0 Å². The first kappa shape index (κ1) is 60.3. The molecule has 0 saturated heterocycles. The van der Waals surface area contributed by atoms with Crippen LogP contribution in [0.4, 0.5) is 5.13 Å². The zero-order valence-corrected chi connectivity index (χ0v) is 45.8. The topological polar surface area (TPSA) is 216 Å². The summed E-state index contributed by atoms with van der Waals surface area (Å²) in [6, 6.07) is 27.6. The fourth-order valence-electron chi connectivity index (χ4n) is 8.68. The zero-order chi connectivity index (χ0) is 56.0. The van der Waals surface area contributed by atoms with Crippen LogP contribution in [0.2, 0.25) is 0 Å². The summed E-state index contributed by atoms with van der Waals surface area (Å²) in [6.45, 7) is 11.4. The van der Waals surface area contributed by atoms with Gasteiger partial charge in [-0.2, -0.15) is 5.10 Å². The summed E-state index contributed by atoms with van der Waals surface area (Å²) < 4.78 is 68.3. The lowest BCUT2D eigenvalue weighted by Gasteiger charge is -2.27. The van der Waals surface area contributed by atoms with Crippen molar-refractivity contribution in [1.82, 2.24) is 4.98 Å². The van der Waals surface area contributed by atoms with E-state index >= 15 is 0 Å². The van der Waals surface area contributed by atoms with Gasteiger partial charge in [0.1, 0.15) is 60.9 Å². The minimum absolute atomic E-state index is 0.158. The molecule has 4 aromatic carbocycles. The molecule has 0 amide bonds. The molecule has 1 heterocycles. The van der Waals surface area contributed by atoms with Crippen LogP contribution in [0.25, 0.3) is 10.2 Å². The Morgan fingerprint density at radius 2 is 0.975 bits per heavy atom. The summed E-state index contributed by atoms with van der Waals surface area (Å²) in [4.78, 5) is 53.1. The van der Waals surface area contributed by atoms with E-state index in [0.717, 1.165) is 53.6 Å². The Labute approximate surface area is 470 Å². The lowest BCUT2D eigenvalue weighted by atomic mass is 9.82. The molecule has 1 N–H and O–H groups in total. The Kier molecular flexibility index (Phi) is 25.6. The number of anilines is 1. The third kappa shape index (κ3) is 21.4. The minimum atomic E-state index is -0.485. The maximum atomic E-state index is 13.2.